The van der Waals surface area contributed by atoms with Gasteiger partial charge >= 0.3 is 0 Å². The molecule has 1 aromatic rings. The molecule has 30 heavy (non-hydrogen) atoms. The highest BCUT2D eigenvalue weighted by molar-refractivity contribution is 14.0. The van der Waals surface area contributed by atoms with Crippen LogP contribution in [0.15, 0.2) is 23.2 Å². The minimum atomic E-state index is 0. The van der Waals surface area contributed by atoms with Crippen molar-refractivity contribution in [1.82, 2.24) is 15.5 Å². The highest BCUT2D eigenvalue weighted by Crippen LogP contribution is 2.20. The maximum atomic E-state index is 5.92. The lowest BCUT2D eigenvalue weighted by atomic mass is 10.1. The van der Waals surface area contributed by atoms with E-state index in [1.54, 1.807) is 7.05 Å². The molecule has 0 aliphatic carbocycles. The van der Waals surface area contributed by atoms with Crippen LogP contribution < -0.4 is 15.4 Å². The number of hydrogen-bond donors (Lipinski definition) is 2. The lowest BCUT2D eigenvalue weighted by Gasteiger charge is -2.21. The SMILES string of the molecule is CCOCCOc1cc(C)ccc1CNC(=NC)NCC(CCN(C)C)OCC.I. The Labute approximate surface area is 200 Å². The Balaban J connectivity index is 0.00000841. The molecule has 0 radical (unpaired) electrons. The summed E-state index contributed by atoms with van der Waals surface area (Å²) in [4.78, 5) is 6.50. The van der Waals surface area contributed by atoms with E-state index in [0.29, 0.717) is 39.5 Å². The standard InChI is InChI=1S/C22H40N4O3.HI/c1-7-27-13-14-29-21-15-18(3)9-10-19(21)16-24-22(23-4)25-17-20(28-8-2)11-12-26(5)6;/h9-10,15,20H,7-8,11-14,16-17H2,1-6H3,(H2,23,24,25);1H. The zero-order chi connectivity index (χ0) is 21.5. The van der Waals surface area contributed by atoms with Gasteiger partial charge in [0.05, 0.1) is 12.7 Å². The zero-order valence-corrected chi connectivity index (χ0v) is 21.8. The molecule has 8 heteroatoms. The van der Waals surface area contributed by atoms with Crippen LogP contribution in [-0.2, 0) is 16.0 Å². The van der Waals surface area contributed by atoms with Crippen LogP contribution in [0, 0.1) is 6.92 Å². The van der Waals surface area contributed by atoms with Crippen LogP contribution in [0.25, 0.3) is 0 Å². The maximum absolute atomic E-state index is 5.92. The predicted octanol–water partition coefficient (Wildman–Crippen LogP) is 3.05. The van der Waals surface area contributed by atoms with E-state index < -0.39 is 0 Å². The van der Waals surface area contributed by atoms with Gasteiger partial charge in [-0.15, -0.1) is 24.0 Å². The van der Waals surface area contributed by atoms with Crippen molar-refractivity contribution >= 4 is 29.9 Å². The van der Waals surface area contributed by atoms with Crippen molar-refractivity contribution in [3.8, 4) is 5.75 Å². The van der Waals surface area contributed by atoms with E-state index in [0.717, 1.165) is 30.2 Å². The molecule has 1 aromatic carbocycles. The Hall–Kier alpha value is -1.10. The van der Waals surface area contributed by atoms with Crippen molar-refractivity contribution in [3.05, 3.63) is 29.3 Å². The average molecular weight is 536 g/mol. The Morgan fingerprint density at radius 3 is 2.53 bits per heavy atom. The molecule has 0 aromatic heterocycles. The molecule has 1 unspecified atom stereocenters. The van der Waals surface area contributed by atoms with Crippen LogP contribution in [0.4, 0.5) is 0 Å². The number of aliphatic imine (C=N–C) groups is 1. The summed E-state index contributed by atoms with van der Waals surface area (Å²) in [6, 6.07) is 6.24. The average Bonchev–Trinajstić information content (AvgIpc) is 2.70. The van der Waals surface area contributed by atoms with Crippen LogP contribution >= 0.6 is 24.0 Å². The number of nitrogens with one attached hydrogen (secondary N) is 2. The smallest absolute Gasteiger partial charge is 0.191 e. The van der Waals surface area contributed by atoms with E-state index in [9.17, 15) is 0 Å². The van der Waals surface area contributed by atoms with Crippen molar-refractivity contribution in [1.29, 1.82) is 0 Å². The molecule has 0 aliphatic heterocycles. The molecule has 0 aliphatic rings. The predicted molar refractivity (Wildman–Crippen MR) is 135 cm³/mol. The zero-order valence-electron chi connectivity index (χ0n) is 19.5. The maximum Gasteiger partial charge on any atom is 0.191 e. The molecule has 0 spiro atoms. The highest BCUT2D eigenvalue weighted by atomic mass is 127. The first-order chi connectivity index (χ1) is 14.0. The van der Waals surface area contributed by atoms with E-state index in [-0.39, 0.29) is 30.1 Å². The van der Waals surface area contributed by atoms with E-state index in [1.807, 2.05) is 13.8 Å². The Morgan fingerprint density at radius 1 is 1.13 bits per heavy atom. The molecule has 0 saturated heterocycles. The molecule has 7 nitrogen and oxygen atoms in total. The Bertz CT molecular complexity index is 600. The monoisotopic (exact) mass is 536 g/mol. The quantitative estimate of drug-likeness (QED) is 0.165. The van der Waals surface area contributed by atoms with Crippen LogP contribution in [0.2, 0.25) is 0 Å². The molecular weight excluding hydrogens is 495 g/mol. The number of ether oxygens (including phenoxy) is 3. The fourth-order valence-electron chi connectivity index (χ4n) is 2.79. The fraction of sp³-hybridized carbons (Fsp3) is 0.682. The van der Waals surface area contributed by atoms with Gasteiger partial charge in [-0.2, -0.15) is 0 Å². The van der Waals surface area contributed by atoms with Gasteiger partial charge in [0.2, 0.25) is 0 Å². The first kappa shape index (κ1) is 28.9. The largest absolute Gasteiger partial charge is 0.491 e. The molecule has 1 atom stereocenters. The van der Waals surface area contributed by atoms with Gasteiger partial charge in [0, 0.05) is 45.5 Å². The number of hydrogen-bond acceptors (Lipinski definition) is 5. The number of nitrogens with zero attached hydrogens (tertiary/aromatic N) is 2. The third-order valence-electron chi connectivity index (χ3n) is 4.38. The van der Waals surface area contributed by atoms with Gasteiger partial charge in [-0.25, -0.2) is 0 Å². The summed E-state index contributed by atoms with van der Waals surface area (Å²) in [6.07, 6.45) is 1.12. The van der Waals surface area contributed by atoms with Crippen molar-refractivity contribution in [2.75, 3.05) is 60.7 Å². The molecule has 0 saturated carbocycles. The second-order valence-corrected chi connectivity index (χ2v) is 7.13. The molecule has 1 rings (SSSR count). The van der Waals surface area contributed by atoms with Gasteiger partial charge in [0.15, 0.2) is 5.96 Å². The van der Waals surface area contributed by atoms with E-state index in [4.69, 9.17) is 14.2 Å². The van der Waals surface area contributed by atoms with Crippen LogP contribution in [0.5, 0.6) is 5.75 Å². The van der Waals surface area contributed by atoms with Gasteiger partial charge in [-0.1, -0.05) is 12.1 Å². The molecule has 0 bridgehead atoms. The van der Waals surface area contributed by atoms with E-state index >= 15 is 0 Å². The summed E-state index contributed by atoms with van der Waals surface area (Å²) in [6.45, 7) is 10.9. The number of halogens is 1. The Morgan fingerprint density at radius 2 is 1.90 bits per heavy atom. The fourth-order valence-corrected chi connectivity index (χ4v) is 2.79. The third kappa shape index (κ3) is 12.6. The summed E-state index contributed by atoms with van der Waals surface area (Å²) >= 11 is 0. The number of aryl methyl sites for hydroxylation is 1. The summed E-state index contributed by atoms with van der Waals surface area (Å²) in [5, 5.41) is 6.74. The molecule has 0 amide bonds. The van der Waals surface area contributed by atoms with Gasteiger partial charge in [0.25, 0.3) is 0 Å². The van der Waals surface area contributed by atoms with Gasteiger partial charge in [0.1, 0.15) is 12.4 Å². The van der Waals surface area contributed by atoms with Crippen LogP contribution in [-0.4, -0.2) is 77.6 Å². The minimum absolute atomic E-state index is 0. The summed E-state index contributed by atoms with van der Waals surface area (Å²) in [5.74, 6) is 1.63. The summed E-state index contributed by atoms with van der Waals surface area (Å²) in [5.41, 5.74) is 2.26. The van der Waals surface area contributed by atoms with Gasteiger partial charge in [-0.05, 0) is 52.9 Å². The van der Waals surface area contributed by atoms with Crippen molar-refractivity contribution < 1.29 is 14.2 Å². The van der Waals surface area contributed by atoms with E-state index in [1.165, 1.54) is 5.56 Å². The summed E-state index contributed by atoms with van der Waals surface area (Å²) in [7, 11) is 5.93. The number of benzene rings is 1. The molecule has 2 N–H and O–H groups in total. The molecular formula is C22H41IN4O3. The summed E-state index contributed by atoms with van der Waals surface area (Å²) < 4.78 is 17.1. The van der Waals surface area contributed by atoms with Crippen LogP contribution in [0.3, 0.4) is 0 Å². The normalized spacial score (nSPS) is 12.4. The van der Waals surface area contributed by atoms with Crippen LogP contribution in [0.1, 0.15) is 31.4 Å². The molecule has 174 valence electrons. The minimum Gasteiger partial charge on any atom is -0.491 e. The van der Waals surface area contributed by atoms with E-state index in [2.05, 4.69) is 59.7 Å². The molecule has 0 fully saturated rings. The number of rotatable bonds is 14. The number of guanidine groups is 1. The lowest BCUT2D eigenvalue weighted by molar-refractivity contribution is 0.0548. The highest BCUT2D eigenvalue weighted by Gasteiger charge is 2.11. The Kier molecular flexibility index (Phi) is 16.9. The van der Waals surface area contributed by atoms with Crippen molar-refractivity contribution in [2.45, 2.75) is 39.8 Å². The second kappa shape index (κ2) is 17.6. The molecule has 0 heterocycles. The van der Waals surface area contributed by atoms with Gasteiger partial charge < -0.3 is 29.7 Å². The first-order valence-electron chi connectivity index (χ1n) is 10.5. The van der Waals surface area contributed by atoms with Gasteiger partial charge in [-0.3, -0.25) is 4.99 Å². The lowest BCUT2D eigenvalue weighted by Crippen LogP contribution is -2.42. The topological polar surface area (TPSA) is 67.4 Å². The van der Waals surface area contributed by atoms with Crippen molar-refractivity contribution in [3.63, 3.8) is 0 Å². The second-order valence-electron chi connectivity index (χ2n) is 7.13. The third-order valence-corrected chi connectivity index (χ3v) is 4.38. The first-order valence-corrected chi connectivity index (χ1v) is 10.5. The van der Waals surface area contributed by atoms with Crippen molar-refractivity contribution in [2.24, 2.45) is 4.99 Å².